The summed E-state index contributed by atoms with van der Waals surface area (Å²) in [6.07, 6.45) is 3.12. The minimum Gasteiger partial charge on any atom is -0.480 e. The molecule has 1 saturated heterocycles. The molecule has 16 heavy (non-hydrogen) atoms. The number of hydrogen-bond donors (Lipinski definition) is 2. The van der Waals surface area contributed by atoms with Gasteiger partial charge in [-0.3, -0.25) is 9.69 Å². The number of rotatable bonds is 6. The van der Waals surface area contributed by atoms with Crippen LogP contribution in [0.5, 0.6) is 0 Å². The number of nitrogens with one attached hydrogen (secondary N) is 1. The largest absolute Gasteiger partial charge is 0.480 e. The standard InChI is InChI=1S/C12H24N2O2/c1-3-11(12(15)16)14(4-2)9-10-6-5-7-13-8-10/h10-11,13H,3-9H2,1-2H3,(H,15,16). The average Bonchev–Trinajstić information content (AvgIpc) is 2.29. The van der Waals surface area contributed by atoms with Gasteiger partial charge in [-0.25, -0.2) is 0 Å². The van der Waals surface area contributed by atoms with Crippen molar-refractivity contribution in [1.29, 1.82) is 0 Å². The minimum absolute atomic E-state index is 0.313. The van der Waals surface area contributed by atoms with Gasteiger partial charge in [0.15, 0.2) is 0 Å². The highest BCUT2D eigenvalue weighted by Gasteiger charge is 2.25. The molecule has 2 N–H and O–H groups in total. The van der Waals surface area contributed by atoms with Crippen LogP contribution in [0.15, 0.2) is 0 Å². The topological polar surface area (TPSA) is 52.6 Å². The summed E-state index contributed by atoms with van der Waals surface area (Å²) in [5.74, 6) is -0.0739. The summed E-state index contributed by atoms with van der Waals surface area (Å²) >= 11 is 0. The second-order valence-electron chi connectivity index (χ2n) is 4.56. The molecular weight excluding hydrogens is 204 g/mol. The van der Waals surface area contributed by atoms with E-state index in [1.165, 1.54) is 12.8 Å². The van der Waals surface area contributed by atoms with Crippen molar-refractivity contribution in [2.24, 2.45) is 5.92 Å². The molecule has 0 saturated carbocycles. The summed E-state index contributed by atoms with van der Waals surface area (Å²) in [4.78, 5) is 13.2. The van der Waals surface area contributed by atoms with Gasteiger partial charge in [-0.1, -0.05) is 13.8 Å². The van der Waals surface area contributed by atoms with E-state index in [9.17, 15) is 4.79 Å². The van der Waals surface area contributed by atoms with E-state index in [1.54, 1.807) is 0 Å². The maximum Gasteiger partial charge on any atom is 0.320 e. The van der Waals surface area contributed by atoms with Crippen molar-refractivity contribution in [3.63, 3.8) is 0 Å². The number of carboxylic acid groups (broad SMARTS) is 1. The van der Waals surface area contributed by atoms with Crippen LogP contribution in [0, 0.1) is 5.92 Å². The van der Waals surface area contributed by atoms with Gasteiger partial charge >= 0.3 is 5.97 Å². The Bertz CT molecular complexity index is 215. The molecule has 1 aliphatic rings. The fourth-order valence-corrected chi connectivity index (χ4v) is 2.48. The lowest BCUT2D eigenvalue weighted by Gasteiger charge is -2.32. The van der Waals surface area contributed by atoms with Gasteiger partial charge in [-0.15, -0.1) is 0 Å². The lowest BCUT2D eigenvalue weighted by Crippen LogP contribution is -2.46. The molecule has 0 amide bonds. The zero-order valence-corrected chi connectivity index (χ0v) is 10.4. The SMILES string of the molecule is CCC(C(=O)O)N(CC)CC1CCCNC1. The molecule has 0 spiro atoms. The van der Waals surface area contributed by atoms with E-state index in [-0.39, 0.29) is 6.04 Å². The smallest absolute Gasteiger partial charge is 0.320 e. The molecule has 0 bridgehead atoms. The Labute approximate surface area is 98.0 Å². The lowest BCUT2D eigenvalue weighted by molar-refractivity contribution is -0.143. The predicted octanol–water partition coefficient (Wildman–Crippen LogP) is 1.17. The molecule has 2 unspecified atom stereocenters. The molecule has 0 aromatic rings. The van der Waals surface area contributed by atoms with Crippen molar-refractivity contribution < 1.29 is 9.90 Å². The molecular formula is C12H24N2O2. The Hall–Kier alpha value is -0.610. The molecule has 1 heterocycles. The normalized spacial score (nSPS) is 23.3. The third-order valence-electron chi connectivity index (χ3n) is 3.41. The zero-order valence-electron chi connectivity index (χ0n) is 10.4. The highest BCUT2D eigenvalue weighted by Crippen LogP contribution is 2.14. The Morgan fingerprint density at radius 3 is 2.75 bits per heavy atom. The Morgan fingerprint density at radius 2 is 2.31 bits per heavy atom. The maximum absolute atomic E-state index is 11.1. The number of aliphatic carboxylic acids is 1. The molecule has 94 valence electrons. The van der Waals surface area contributed by atoms with Crippen molar-refractivity contribution in [3.8, 4) is 0 Å². The van der Waals surface area contributed by atoms with Gasteiger partial charge in [0.1, 0.15) is 6.04 Å². The molecule has 0 aliphatic carbocycles. The second-order valence-corrected chi connectivity index (χ2v) is 4.56. The first kappa shape index (κ1) is 13.5. The quantitative estimate of drug-likeness (QED) is 0.716. The Kier molecular flexibility index (Phi) is 5.77. The number of carboxylic acids is 1. The van der Waals surface area contributed by atoms with Crippen LogP contribution < -0.4 is 5.32 Å². The fraction of sp³-hybridized carbons (Fsp3) is 0.917. The number of carbonyl (C=O) groups is 1. The third-order valence-corrected chi connectivity index (χ3v) is 3.41. The molecule has 0 aromatic carbocycles. The molecule has 0 radical (unpaired) electrons. The molecule has 4 heteroatoms. The molecule has 0 aromatic heterocycles. The molecule has 1 fully saturated rings. The first-order chi connectivity index (χ1) is 7.69. The Morgan fingerprint density at radius 1 is 1.56 bits per heavy atom. The summed E-state index contributed by atoms with van der Waals surface area (Å²) in [6, 6.07) is -0.313. The third kappa shape index (κ3) is 3.76. The maximum atomic E-state index is 11.1. The van der Waals surface area contributed by atoms with Gasteiger partial charge < -0.3 is 10.4 Å². The van der Waals surface area contributed by atoms with Gasteiger partial charge in [-0.2, -0.15) is 0 Å². The minimum atomic E-state index is -0.687. The summed E-state index contributed by atoms with van der Waals surface area (Å²) in [5, 5.41) is 12.5. The first-order valence-electron chi connectivity index (χ1n) is 6.36. The fourth-order valence-electron chi connectivity index (χ4n) is 2.48. The van der Waals surface area contributed by atoms with Crippen LogP contribution in [0.1, 0.15) is 33.1 Å². The van der Waals surface area contributed by atoms with Crippen LogP contribution in [0.4, 0.5) is 0 Å². The summed E-state index contributed by atoms with van der Waals surface area (Å²) in [5.41, 5.74) is 0. The predicted molar refractivity (Wildman–Crippen MR) is 64.6 cm³/mol. The van der Waals surface area contributed by atoms with Crippen LogP contribution in [0.2, 0.25) is 0 Å². The van der Waals surface area contributed by atoms with E-state index in [2.05, 4.69) is 10.2 Å². The van der Waals surface area contributed by atoms with Gasteiger partial charge in [-0.05, 0) is 44.8 Å². The van der Waals surface area contributed by atoms with Gasteiger partial charge in [0, 0.05) is 6.54 Å². The molecule has 4 nitrogen and oxygen atoms in total. The molecule has 1 rings (SSSR count). The lowest BCUT2D eigenvalue weighted by atomic mass is 9.98. The number of piperidine rings is 1. The van der Waals surface area contributed by atoms with E-state index in [4.69, 9.17) is 5.11 Å². The van der Waals surface area contributed by atoms with E-state index in [0.29, 0.717) is 12.3 Å². The van der Waals surface area contributed by atoms with E-state index < -0.39 is 5.97 Å². The van der Waals surface area contributed by atoms with E-state index in [1.807, 2.05) is 13.8 Å². The van der Waals surface area contributed by atoms with E-state index >= 15 is 0 Å². The Balaban J connectivity index is 2.48. The monoisotopic (exact) mass is 228 g/mol. The van der Waals surface area contributed by atoms with Crippen LogP contribution in [-0.2, 0) is 4.79 Å². The van der Waals surface area contributed by atoms with Gasteiger partial charge in [0.2, 0.25) is 0 Å². The van der Waals surface area contributed by atoms with E-state index in [0.717, 1.165) is 26.2 Å². The molecule has 1 aliphatic heterocycles. The summed E-state index contributed by atoms with van der Waals surface area (Å²) < 4.78 is 0. The molecule has 2 atom stereocenters. The number of hydrogen-bond acceptors (Lipinski definition) is 3. The van der Waals surface area contributed by atoms with Crippen LogP contribution >= 0.6 is 0 Å². The van der Waals surface area contributed by atoms with Crippen molar-refractivity contribution in [2.45, 2.75) is 39.2 Å². The number of likely N-dealkylation sites (N-methyl/N-ethyl adjacent to an activating group) is 1. The summed E-state index contributed by atoms with van der Waals surface area (Å²) in [6.45, 7) is 7.86. The van der Waals surface area contributed by atoms with Crippen molar-refractivity contribution in [1.82, 2.24) is 10.2 Å². The van der Waals surface area contributed by atoms with Gasteiger partial charge in [0.05, 0.1) is 0 Å². The first-order valence-corrected chi connectivity index (χ1v) is 6.36. The highest BCUT2D eigenvalue weighted by atomic mass is 16.4. The van der Waals surface area contributed by atoms with Crippen molar-refractivity contribution in [3.05, 3.63) is 0 Å². The van der Waals surface area contributed by atoms with Gasteiger partial charge in [0.25, 0.3) is 0 Å². The van der Waals surface area contributed by atoms with Crippen LogP contribution in [0.3, 0.4) is 0 Å². The van der Waals surface area contributed by atoms with Crippen molar-refractivity contribution >= 4 is 5.97 Å². The highest BCUT2D eigenvalue weighted by molar-refractivity contribution is 5.73. The van der Waals surface area contributed by atoms with Crippen LogP contribution in [-0.4, -0.2) is 48.2 Å². The van der Waals surface area contributed by atoms with Crippen molar-refractivity contribution in [2.75, 3.05) is 26.2 Å². The van der Waals surface area contributed by atoms with Crippen LogP contribution in [0.25, 0.3) is 0 Å². The summed E-state index contributed by atoms with van der Waals surface area (Å²) in [7, 11) is 0. The zero-order chi connectivity index (χ0) is 12.0. The number of nitrogens with zero attached hydrogens (tertiary/aromatic N) is 1. The average molecular weight is 228 g/mol. The second kappa shape index (κ2) is 6.86.